The molecule has 0 radical (unpaired) electrons. The molecule has 1 saturated heterocycles. The second-order valence-electron chi connectivity index (χ2n) is 6.75. The maximum absolute atomic E-state index is 11.6. The molecule has 1 heterocycles. The Bertz CT molecular complexity index is 574. The van der Waals surface area contributed by atoms with Gasteiger partial charge >= 0.3 is 0 Å². The summed E-state index contributed by atoms with van der Waals surface area (Å²) in [6.45, 7) is 7.45. The summed E-state index contributed by atoms with van der Waals surface area (Å²) in [5, 5.41) is 9.50. The number of hydrogen-bond donors (Lipinski definition) is 3. The number of amides is 1. The number of nitrogens with zero attached hydrogens (tertiary/aromatic N) is 2. The SMILES string of the molecule is CN=C(NCc1ccc(C(=O)NC)cc1)NC1CCN(C(C)C)CC1. The van der Waals surface area contributed by atoms with Crippen LogP contribution in [0.3, 0.4) is 0 Å². The fraction of sp³-hybridized carbons (Fsp3) is 0.579. The molecule has 1 aliphatic heterocycles. The highest BCUT2D eigenvalue weighted by Gasteiger charge is 2.21. The molecule has 0 bridgehead atoms. The average Bonchev–Trinajstić information content (AvgIpc) is 2.65. The van der Waals surface area contributed by atoms with Gasteiger partial charge in [-0.2, -0.15) is 0 Å². The van der Waals surface area contributed by atoms with E-state index in [1.54, 1.807) is 14.1 Å². The molecule has 0 spiro atoms. The van der Waals surface area contributed by atoms with Crippen molar-refractivity contribution in [3.8, 4) is 0 Å². The summed E-state index contributed by atoms with van der Waals surface area (Å²) in [5.41, 5.74) is 1.79. The maximum atomic E-state index is 11.6. The number of hydrogen-bond acceptors (Lipinski definition) is 3. The number of piperidine rings is 1. The van der Waals surface area contributed by atoms with E-state index in [-0.39, 0.29) is 5.91 Å². The van der Waals surface area contributed by atoms with Crippen LogP contribution in [0.1, 0.15) is 42.6 Å². The van der Waals surface area contributed by atoms with Crippen LogP contribution in [-0.2, 0) is 6.54 Å². The van der Waals surface area contributed by atoms with Gasteiger partial charge in [0.05, 0.1) is 0 Å². The Labute approximate surface area is 151 Å². The zero-order valence-corrected chi connectivity index (χ0v) is 15.8. The third-order valence-electron chi connectivity index (χ3n) is 4.73. The highest BCUT2D eigenvalue weighted by Crippen LogP contribution is 2.12. The van der Waals surface area contributed by atoms with E-state index in [0.717, 1.165) is 37.5 Å². The second-order valence-corrected chi connectivity index (χ2v) is 6.75. The van der Waals surface area contributed by atoms with Crippen molar-refractivity contribution in [1.29, 1.82) is 0 Å². The van der Waals surface area contributed by atoms with Gasteiger partial charge in [-0.1, -0.05) is 12.1 Å². The lowest BCUT2D eigenvalue weighted by Gasteiger charge is -2.35. The number of likely N-dealkylation sites (tertiary alicyclic amines) is 1. The molecule has 3 N–H and O–H groups in total. The molecule has 138 valence electrons. The van der Waals surface area contributed by atoms with Crippen molar-refractivity contribution in [2.45, 2.75) is 45.3 Å². The van der Waals surface area contributed by atoms with Crippen molar-refractivity contribution in [2.24, 2.45) is 4.99 Å². The summed E-state index contributed by atoms with van der Waals surface area (Å²) in [6.07, 6.45) is 2.28. The van der Waals surface area contributed by atoms with E-state index >= 15 is 0 Å². The number of rotatable bonds is 5. The van der Waals surface area contributed by atoms with Gasteiger partial charge in [-0.05, 0) is 44.4 Å². The molecule has 25 heavy (non-hydrogen) atoms. The smallest absolute Gasteiger partial charge is 0.251 e. The molecule has 1 amide bonds. The van der Waals surface area contributed by atoms with E-state index in [2.05, 4.69) is 39.7 Å². The molecule has 6 heteroatoms. The van der Waals surface area contributed by atoms with Crippen LogP contribution >= 0.6 is 0 Å². The molecule has 0 saturated carbocycles. The van der Waals surface area contributed by atoms with E-state index in [4.69, 9.17) is 0 Å². The van der Waals surface area contributed by atoms with E-state index in [1.807, 2.05) is 24.3 Å². The Kier molecular flexibility index (Phi) is 7.25. The van der Waals surface area contributed by atoms with Crippen LogP contribution in [0.25, 0.3) is 0 Å². The summed E-state index contributed by atoms with van der Waals surface area (Å²) in [4.78, 5) is 18.4. The normalized spacial score (nSPS) is 16.8. The lowest BCUT2D eigenvalue weighted by atomic mass is 10.0. The lowest BCUT2D eigenvalue weighted by Crippen LogP contribution is -2.49. The molecule has 0 unspecified atom stereocenters. The van der Waals surface area contributed by atoms with Crippen molar-refractivity contribution in [2.75, 3.05) is 27.2 Å². The Morgan fingerprint density at radius 2 is 1.88 bits per heavy atom. The van der Waals surface area contributed by atoms with Gasteiger partial charge in [0.15, 0.2) is 5.96 Å². The highest BCUT2D eigenvalue weighted by molar-refractivity contribution is 5.93. The molecule has 0 aliphatic carbocycles. The first kappa shape index (κ1) is 19.2. The van der Waals surface area contributed by atoms with Gasteiger partial charge < -0.3 is 20.9 Å². The van der Waals surface area contributed by atoms with Crippen LogP contribution in [0.4, 0.5) is 0 Å². The zero-order chi connectivity index (χ0) is 18.2. The van der Waals surface area contributed by atoms with Crippen molar-refractivity contribution >= 4 is 11.9 Å². The van der Waals surface area contributed by atoms with Gasteiger partial charge in [-0.25, -0.2) is 0 Å². The third-order valence-corrected chi connectivity index (χ3v) is 4.73. The quantitative estimate of drug-likeness (QED) is 0.560. The lowest BCUT2D eigenvalue weighted by molar-refractivity contribution is 0.0963. The van der Waals surface area contributed by atoms with Gasteiger partial charge in [0.25, 0.3) is 5.91 Å². The third kappa shape index (κ3) is 5.74. The molecule has 2 rings (SSSR count). The minimum Gasteiger partial charge on any atom is -0.355 e. The van der Waals surface area contributed by atoms with Gasteiger partial charge in [-0.15, -0.1) is 0 Å². The van der Waals surface area contributed by atoms with Gasteiger partial charge in [0, 0.05) is 51.4 Å². The fourth-order valence-corrected chi connectivity index (χ4v) is 3.05. The predicted molar refractivity (Wildman–Crippen MR) is 103 cm³/mol. The first-order valence-electron chi connectivity index (χ1n) is 9.05. The molecular weight excluding hydrogens is 314 g/mol. The van der Waals surface area contributed by atoms with Gasteiger partial charge in [0.2, 0.25) is 0 Å². The maximum Gasteiger partial charge on any atom is 0.251 e. The highest BCUT2D eigenvalue weighted by atomic mass is 16.1. The largest absolute Gasteiger partial charge is 0.355 e. The van der Waals surface area contributed by atoms with E-state index in [1.165, 1.54) is 0 Å². The standard InChI is InChI=1S/C19H31N5O/c1-14(2)24-11-9-17(10-12-24)23-19(21-4)22-13-15-5-7-16(8-6-15)18(25)20-3/h5-8,14,17H,9-13H2,1-4H3,(H,20,25)(H2,21,22,23). The molecule has 6 nitrogen and oxygen atoms in total. The number of carbonyl (C=O) groups is 1. The average molecular weight is 345 g/mol. The van der Waals surface area contributed by atoms with Gasteiger partial charge in [-0.3, -0.25) is 9.79 Å². The zero-order valence-electron chi connectivity index (χ0n) is 15.8. The summed E-state index contributed by atoms with van der Waals surface area (Å²) in [7, 11) is 3.44. The van der Waals surface area contributed by atoms with Crippen LogP contribution in [-0.4, -0.2) is 56.0 Å². The number of benzene rings is 1. The Hall–Kier alpha value is -2.08. The minimum atomic E-state index is -0.0651. The van der Waals surface area contributed by atoms with Crippen LogP contribution < -0.4 is 16.0 Å². The van der Waals surface area contributed by atoms with Crippen molar-refractivity contribution in [1.82, 2.24) is 20.9 Å². The van der Waals surface area contributed by atoms with Crippen molar-refractivity contribution in [3.05, 3.63) is 35.4 Å². The summed E-state index contributed by atoms with van der Waals surface area (Å²) < 4.78 is 0. The van der Waals surface area contributed by atoms with Gasteiger partial charge in [0.1, 0.15) is 0 Å². The monoisotopic (exact) mass is 345 g/mol. The number of aliphatic imine (C=N–C) groups is 1. The minimum absolute atomic E-state index is 0.0651. The second kappa shape index (κ2) is 9.42. The summed E-state index contributed by atoms with van der Waals surface area (Å²) >= 11 is 0. The van der Waals surface area contributed by atoms with E-state index in [0.29, 0.717) is 24.2 Å². The first-order valence-corrected chi connectivity index (χ1v) is 9.05. The number of nitrogens with one attached hydrogen (secondary N) is 3. The topological polar surface area (TPSA) is 68.8 Å². The van der Waals surface area contributed by atoms with Crippen LogP contribution in [0.2, 0.25) is 0 Å². The first-order chi connectivity index (χ1) is 12.0. The van der Waals surface area contributed by atoms with E-state index < -0.39 is 0 Å². The Balaban J connectivity index is 1.80. The molecule has 1 aromatic rings. The molecule has 1 fully saturated rings. The molecule has 1 aliphatic rings. The van der Waals surface area contributed by atoms with Crippen molar-refractivity contribution in [3.63, 3.8) is 0 Å². The van der Waals surface area contributed by atoms with Crippen LogP contribution in [0.15, 0.2) is 29.3 Å². The molecule has 0 atom stereocenters. The summed E-state index contributed by atoms with van der Waals surface area (Å²) in [5.74, 6) is 0.767. The van der Waals surface area contributed by atoms with Crippen molar-refractivity contribution < 1.29 is 4.79 Å². The number of carbonyl (C=O) groups excluding carboxylic acids is 1. The summed E-state index contributed by atoms with van der Waals surface area (Å²) in [6, 6.07) is 8.70. The number of guanidine groups is 1. The van der Waals surface area contributed by atoms with E-state index in [9.17, 15) is 4.79 Å². The molecule has 1 aromatic carbocycles. The molecule has 0 aromatic heterocycles. The fourth-order valence-electron chi connectivity index (χ4n) is 3.05. The Morgan fingerprint density at radius 3 is 2.40 bits per heavy atom. The molecular formula is C19H31N5O. The van der Waals surface area contributed by atoms with Crippen LogP contribution in [0, 0.1) is 0 Å². The predicted octanol–water partition coefficient (Wildman–Crippen LogP) is 1.58. The Morgan fingerprint density at radius 1 is 1.24 bits per heavy atom. The van der Waals surface area contributed by atoms with Crippen LogP contribution in [0.5, 0.6) is 0 Å².